The van der Waals surface area contributed by atoms with Gasteiger partial charge in [-0.2, -0.15) is 0 Å². The van der Waals surface area contributed by atoms with E-state index in [-0.39, 0.29) is 11.9 Å². The van der Waals surface area contributed by atoms with Crippen molar-refractivity contribution in [1.82, 2.24) is 0 Å². The van der Waals surface area contributed by atoms with Crippen molar-refractivity contribution in [3.05, 3.63) is 29.8 Å². The van der Waals surface area contributed by atoms with E-state index in [4.69, 9.17) is 9.47 Å². The summed E-state index contributed by atoms with van der Waals surface area (Å²) in [6.45, 7) is 7.06. The maximum Gasteiger partial charge on any atom is 0.195 e. The fourth-order valence-electron chi connectivity index (χ4n) is 1.76. The molecule has 1 aromatic carbocycles. The molecule has 0 amide bonds. The van der Waals surface area contributed by atoms with Crippen LogP contribution < -0.4 is 4.74 Å². The molecule has 0 saturated heterocycles. The third-order valence-corrected chi connectivity index (χ3v) is 2.65. The molecule has 0 heterocycles. The van der Waals surface area contributed by atoms with Crippen molar-refractivity contribution in [2.45, 2.75) is 39.7 Å². The highest BCUT2D eigenvalue weighted by Crippen LogP contribution is 2.21. The second kappa shape index (κ2) is 7.88. The molecule has 0 spiro atoms. The van der Waals surface area contributed by atoms with Gasteiger partial charge in [0.15, 0.2) is 5.78 Å². The molecule has 3 nitrogen and oxygen atoms in total. The zero-order valence-electron chi connectivity index (χ0n) is 11.4. The van der Waals surface area contributed by atoms with Gasteiger partial charge in [0.2, 0.25) is 0 Å². The zero-order valence-corrected chi connectivity index (χ0v) is 11.4. The van der Waals surface area contributed by atoms with Gasteiger partial charge in [-0.25, -0.2) is 0 Å². The lowest BCUT2D eigenvalue weighted by Gasteiger charge is -2.16. The number of ether oxygens (including phenoxy) is 2. The van der Waals surface area contributed by atoms with Crippen LogP contribution in [-0.4, -0.2) is 25.1 Å². The summed E-state index contributed by atoms with van der Waals surface area (Å²) in [4.78, 5) is 12.3. The standard InChI is InChI=1S/C15H22O3/c1-4-11-18-14-10-8-7-9-12(14)15(16)13(5-2)17-6-3/h7-10,13H,4-6,11H2,1-3H3. The molecule has 3 heteroatoms. The summed E-state index contributed by atoms with van der Waals surface area (Å²) in [7, 11) is 0. The van der Waals surface area contributed by atoms with E-state index in [2.05, 4.69) is 0 Å². The Balaban J connectivity index is 2.89. The van der Waals surface area contributed by atoms with E-state index >= 15 is 0 Å². The minimum atomic E-state index is -0.374. The molecule has 1 rings (SSSR count). The van der Waals surface area contributed by atoms with Crippen LogP contribution in [0.5, 0.6) is 5.75 Å². The van der Waals surface area contributed by atoms with Crippen LogP contribution in [0.1, 0.15) is 44.0 Å². The van der Waals surface area contributed by atoms with Gasteiger partial charge in [0, 0.05) is 6.61 Å². The minimum absolute atomic E-state index is 0.00560. The van der Waals surface area contributed by atoms with Crippen molar-refractivity contribution in [2.24, 2.45) is 0 Å². The van der Waals surface area contributed by atoms with Crippen LogP contribution in [0.3, 0.4) is 0 Å². The quantitative estimate of drug-likeness (QED) is 0.663. The normalized spacial score (nSPS) is 12.2. The highest BCUT2D eigenvalue weighted by Gasteiger charge is 2.21. The maximum absolute atomic E-state index is 12.3. The molecule has 0 saturated carbocycles. The van der Waals surface area contributed by atoms with Crippen molar-refractivity contribution >= 4 is 5.78 Å². The van der Waals surface area contributed by atoms with Gasteiger partial charge in [-0.05, 0) is 31.9 Å². The number of para-hydroxylation sites is 1. The van der Waals surface area contributed by atoms with Crippen molar-refractivity contribution in [3.8, 4) is 5.75 Å². The molecule has 0 fully saturated rings. The number of benzene rings is 1. The second-order valence-electron chi connectivity index (χ2n) is 4.06. The van der Waals surface area contributed by atoms with E-state index in [1.54, 1.807) is 6.07 Å². The summed E-state index contributed by atoms with van der Waals surface area (Å²) in [6, 6.07) is 7.37. The molecule has 0 aliphatic heterocycles. The number of carbonyl (C=O) groups is 1. The van der Waals surface area contributed by atoms with Gasteiger partial charge in [-0.15, -0.1) is 0 Å². The third kappa shape index (κ3) is 3.84. The number of ketones is 1. The Morgan fingerprint density at radius 2 is 1.94 bits per heavy atom. The van der Waals surface area contributed by atoms with Crippen LogP contribution in [0.15, 0.2) is 24.3 Å². The Hall–Kier alpha value is -1.35. The van der Waals surface area contributed by atoms with Crippen molar-refractivity contribution in [2.75, 3.05) is 13.2 Å². The predicted molar refractivity (Wildman–Crippen MR) is 72.3 cm³/mol. The molecule has 0 aliphatic rings. The largest absolute Gasteiger partial charge is 0.493 e. The summed E-state index contributed by atoms with van der Waals surface area (Å²) >= 11 is 0. The Morgan fingerprint density at radius 1 is 1.22 bits per heavy atom. The van der Waals surface area contributed by atoms with Crippen LogP contribution in [-0.2, 0) is 4.74 Å². The second-order valence-corrected chi connectivity index (χ2v) is 4.06. The smallest absolute Gasteiger partial charge is 0.195 e. The van der Waals surface area contributed by atoms with E-state index in [0.717, 1.165) is 6.42 Å². The first-order chi connectivity index (χ1) is 8.74. The van der Waals surface area contributed by atoms with Crippen molar-refractivity contribution in [3.63, 3.8) is 0 Å². The third-order valence-electron chi connectivity index (χ3n) is 2.65. The predicted octanol–water partition coefficient (Wildman–Crippen LogP) is 3.47. The molecule has 1 unspecified atom stereocenters. The van der Waals surface area contributed by atoms with Gasteiger partial charge >= 0.3 is 0 Å². The highest BCUT2D eigenvalue weighted by atomic mass is 16.5. The van der Waals surface area contributed by atoms with Gasteiger partial charge in [-0.3, -0.25) is 4.79 Å². The van der Waals surface area contributed by atoms with E-state index < -0.39 is 0 Å². The van der Waals surface area contributed by atoms with Crippen LogP contribution >= 0.6 is 0 Å². The number of Topliss-reactive ketones (excluding diaryl/α,β-unsaturated/α-hetero) is 1. The average Bonchev–Trinajstić information content (AvgIpc) is 2.42. The molecule has 0 aromatic heterocycles. The SMILES string of the molecule is CCCOc1ccccc1C(=O)C(CC)OCC. The van der Waals surface area contributed by atoms with Gasteiger partial charge in [0.25, 0.3) is 0 Å². The summed E-state index contributed by atoms with van der Waals surface area (Å²) in [5.41, 5.74) is 0.617. The minimum Gasteiger partial charge on any atom is -0.493 e. The van der Waals surface area contributed by atoms with E-state index in [0.29, 0.717) is 30.9 Å². The Labute approximate surface area is 109 Å². The number of hydrogen-bond acceptors (Lipinski definition) is 3. The molecule has 18 heavy (non-hydrogen) atoms. The van der Waals surface area contributed by atoms with Gasteiger partial charge in [0.05, 0.1) is 12.2 Å². The van der Waals surface area contributed by atoms with Gasteiger partial charge < -0.3 is 9.47 Å². The van der Waals surface area contributed by atoms with E-state index in [9.17, 15) is 4.79 Å². The number of hydrogen-bond donors (Lipinski definition) is 0. The molecule has 100 valence electrons. The van der Waals surface area contributed by atoms with E-state index in [1.165, 1.54) is 0 Å². The maximum atomic E-state index is 12.3. The van der Waals surface area contributed by atoms with Gasteiger partial charge in [0.1, 0.15) is 11.9 Å². The van der Waals surface area contributed by atoms with Crippen molar-refractivity contribution < 1.29 is 14.3 Å². The number of rotatable bonds is 8. The average molecular weight is 250 g/mol. The fraction of sp³-hybridized carbons (Fsp3) is 0.533. The van der Waals surface area contributed by atoms with Crippen LogP contribution in [0.2, 0.25) is 0 Å². The molecular weight excluding hydrogens is 228 g/mol. The topological polar surface area (TPSA) is 35.5 Å². The Kier molecular flexibility index (Phi) is 6.44. The van der Waals surface area contributed by atoms with Crippen LogP contribution in [0.4, 0.5) is 0 Å². The molecule has 1 atom stereocenters. The number of carbonyl (C=O) groups excluding carboxylic acids is 1. The first-order valence-electron chi connectivity index (χ1n) is 6.62. The fourth-order valence-corrected chi connectivity index (χ4v) is 1.76. The lowest BCUT2D eigenvalue weighted by Crippen LogP contribution is -2.24. The lowest BCUT2D eigenvalue weighted by atomic mass is 10.0. The van der Waals surface area contributed by atoms with E-state index in [1.807, 2.05) is 39.0 Å². The molecule has 0 N–H and O–H groups in total. The Bertz CT molecular complexity index is 374. The van der Waals surface area contributed by atoms with Crippen LogP contribution in [0, 0.1) is 0 Å². The summed E-state index contributed by atoms with van der Waals surface area (Å²) in [5, 5.41) is 0. The monoisotopic (exact) mass is 250 g/mol. The zero-order chi connectivity index (χ0) is 13.4. The molecule has 0 radical (unpaired) electrons. The molecule has 1 aromatic rings. The first kappa shape index (κ1) is 14.7. The van der Waals surface area contributed by atoms with Crippen LogP contribution in [0.25, 0.3) is 0 Å². The van der Waals surface area contributed by atoms with Gasteiger partial charge in [-0.1, -0.05) is 26.0 Å². The Morgan fingerprint density at radius 3 is 2.56 bits per heavy atom. The van der Waals surface area contributed by atoms with Crippen molar-refractivity contribution in [1.29, 1.82) is 0 Å². The molecule has 0 bridgehead atoms. The lowest BCUT2D eigenvalue weighted by molar-refractivity contribution is 0.0440. The highest BCUT2D eigenvalue weighted by molar-refractivity contribution is 6.01. The molecule has 0 aliphatic carbocycles. The summed E-state index contributed by atoms with van der Waals surface area (Å²) in [6.07, 6.45) is 1.22. The first-order valence-corrected chi connectivity index (χ1v) is 6.62. The summed E-state index contributed by atoms with van der Waals surface area (Å²) < 4.78 is 11.1. The summed E-state index contributed by atoms with van der Waals surface area (Å²) in [5.74, 6) is 0.661. The molecular formula is C15H22O3.